The maximum Gasteiger partial charge on any atom is 0.160 e. The molecule has 1 saturated heterocycles. The van der Waals surface area contributed by atoms with Crippen molar-refractivity contribution in [3.63, 3.8) is 0 Å². The lowest BCUT2D eigenvalue weighted by Crippen LogP contribution is -2.34. The Labute approximate surface area is 101 Å². The van der Waals surface area contributed by atoms with E-state index in [2.05, 4.69) is 36.2 Å². The van der Waals surface area contributed by atoms with E-state index in [9.17, 15) is 4.79 Å². The SMILES string of the molecule is CC1CN(c2csc(C=O)c2)CC1N(C)C. The molecular formula is C12H18N2OS. The summed E-state index contributed by atoms with van der Waals surface area (Å²) in [7, 11) is 4.27. The molecule has 2 rings (SSSR count). The van der Waals surface area contributed by atoms with Gasteiger partial charge in [0.1, 0.15) is 0 Å². The Bertz CT molecular complexity index is 375. The van der Waals surface area contributed by atoms with E-state index >= 15 is 0 Å². The molecule has 0 saturated carbocycles. The lowest BCUT2D eigenvalue weighted by Gasteiger charge is -2.22. The molecule has 1 aliphatic heterocycles. The summed E-state index contributed by atoms with van der Waals surface area (Å²) < 4.78 is 0. The van der Waals surface area contributed by atoms with Gasteiger partial charge in [-0.05, 0) is 26.1 Å². The molecule has 2 atom stereocenters. The number of hydrogen-bond donors (Lipinski definition) is 0. The molecule has 1 aromatic rings. The van der Waals surface area contributed by atoms with Gasteiger partial charge in [-0.3, -0.25) is 4.79 Å². The summed E-state index contributed by atoms with van der Waals surface area (Å²) in [5.74, 6) is 0.676. The lowest BCUT2D eigenvalue weighted by molar-refractivity contribution is 0.112. The number of anilines is 1. The first-order chi connectivity index (χ1) is 7.61. The second kappa shape index (κ2) is 4.55. The summed E-state index contributed by atoms with van der Waals surface area (Å²) in [6, 6.07) is 2.60. The smallest absolute Gasteiger partial charge is 0.160 e. The number of carbonyl (C=O) groups is 1. The van der Waals surface area contributed by atoms with Crippen molar-refractivity contribution in [3.8, 4) is 0 Å². The standard InChI is InChI=1S/C12H18N2OS/c1-9-5-14(6-12(9)13(2)3)10-4-11(7-15)16-8-10/h4,7-9,12H,5-6H2,1-3H3. The molecule has 0 N–H and O–H groups in total. The molecular weight excluding hydrogens is 220 g/mol. The lowest BCUT2D eigenvalue weighted by atomic mass is 10.1. The number of nitrogens with zero attached hydrogens (tertiary/aromatic N) is 2. The minimum absolute atomic E-state index is 0.611. The van der Waals surface area contributed by atoms with Gasteiger partial charge in [0.05, 0.1) is 4.88 Å². The zero-order valence-corrected chi connectivity index (χ0v) is 10.8. The van der Waals surface area contributed by atoms with E-state index in [1.165, 1.54) is 17.0 Å². The highest BCUT2D eigenvalue weighted by Gasteiger charge is 2.31. The van der Waals surface area contributed by atoms with Crippen molar-refractivity contribution < 1.29 is 4.79 Å². The number of hydrogen-bond acceptors (Lipinski definition) is 4. The van der Waals surface area contributed by atoms with Crippen LogP contribution in [0.1, 0.15) is 16.6 Å². The average Bonchev–Trinajstić information content (AvgIpc) is 2.83. The van der Waals surface area contributed by atoms with E-state index in [0.29, 0.717) is 12.0 Å². The third-order valence-electron chi connectivity index (χ3n) is 3.32. The summed E-state index contributed by atoms with van der Waals surface area (Å²) >= 11 is 1.52. The van der Waals surface area contributed by atoms with Gasteiger partial charge in [-0.1, -0.05) is 6.92 Å². The van der Waals surface area contributed by atoms with Crippen molar-refractivity contribution in [2.75, 3.05) is 32.1 Å². The van der Waals surface area contributed by atoms with Gasteiger partial charge in [-0.15, -0.1) is 11.3 Å². The molecule has 16 heavy (non-hydrogen) atoms. The summed E-state index contributed by atoms with van der Waals surface area (Å²) in [6.45, 7) is 4.43. The topological polar surface area (TPSA) is 23.6 Å². The van der Waals surface area contributed by atoms with Crippen LogP contribution in [0.2, 0.25) is 0 Å². The Morgan fingerprint density at radius 2 is 2.25 bits per heavy atom. The predicted octanol–water partition coefficient (Wildman–Crippen LogP) is 1.95. The Morgan fingerprint density at radius 1 is 1.50 bits per heavy atom. The van der Waals surface area contributed by atoms with E-state index in [-0.39, 0.29) is 0 Å². The molecule has 0 amide bonds. The summed E-state index contributed by atoms with van der Waals surface area (Å²) in [6.07, 6.45) is 0.928. The highest BCUT2D eigenvalue weighted by Crippen LogP contribution is 2.29. The zero-order valence-electron chi connectivity index (χ0n) is 10.0. The van der Waals surface area contributed by atoms with E-state index in [4.69, 9.17) is 0 Å². The van der Waals surface area contributed by atoms with Gasteiger partial charge in [-0.25, -0.2) is 0 Å². The van der Waals surface area contributed by atoms with Gasteiger partial charge < -0.3 is 9.80 Å². The molecule has 1 aromatic heterocycles. The van der Waals surface area contributed by atoms with Gasteiger partial charge >= 0.3 is 0 Å². The van der Waals surface area contributed by atoms with Gasteiger partial charge in [-0.2, -0.15) is 0 Å². The molecule has 3 nitrogen and oxygen atoms in total. The molecule has 0 bridgehead atoms. The number of rotatable bonds is 3. The van der Waals surface area contributed by atoms with Crippen LogP contribution < -0.4 is 4.90 Å². The van der Waals surface area contributed by atoms with Gasteiger partial charge in [0, 0.05) is 30.2 Å². The minimum atomic E-state index is 0.611. The molecule has 88 valence electrons. The van der Waals surface area contributed by atoms with E-state index in [1.807, 2.05) is 6.07 Å². The Hall–Kier alpha value is -0.870. The van der Waals surface area contributed by atoms with Crippen LogP contribution >= 0.6 is 11.3 Å². The van der Waals surface area contributed by atoms with Crippen LogP contribution in [0, 0.1) is 5.92 Å². The normalized spacial score (nSPS) is 25.4. The third-order valence-corrected chi connectivity index (χ3v) is 4.17. The summed E-state index contributed by atoms with van der Waals surface area (Å²) in [4.78, 5) is 16.1. The molecule has 0 radical (unpaired) electrons. The summed E-state index contributed by atoms with van der Waals surface area (Å²) in [5.41, 5.74) is 1.20. The van der Waals surface area contributed by atoms with Crippen LogP contribution in [0.5, 0.6) is 0 Å². The molecule has 1 aliphatic rings. The molecule has 1 fully saturated rings. The van der Waals surface area contributed by atoms with Crippen LogP contribution in [0.3, 0.4) is 0 Å². The van der Waals surface area contributed by atoms with Crippen LogP contribution in [0.4, 0.5) is 5.69 Å². The van der Waals surface area contributed by atoms with Crippen LogP contribution in [0.15, 0.2) is 11.4 Å². The van der Waals surface area contributed by atoms with Gasteiger partial charge in [0.2, 0.25) is 0 Å². The highest BCUT2D eigenvalue weighted by molar-refractivity contribution is 7.12. The monoisotopic (exact) mass is 238 g/mol. The maximum atomic E-state index is 10.7. The fourth-order valence-corrected chi connectivity index (χ4v) is 3.12. The Balaban J connectivity index is 2.10. The molecule has 2 unspecified atom stereocenters. The molecule has 0 spiro atoms. The van der Waals surface area contributed by atoms with Crippen LogP contribution in [0.25, 0.3) is 0 Å². The minimum Gasteiger partial charge on any atom is -0.369 e. The Kier molecular flexibility index (Phi) is 3.30. The molecule has 4 heteroatoms. The maximum absolute atomic E-state index is 10.7. The second-order valence-electron chi connectivity index (χ2n) is 4.74. The van der Waals surface area contributed by atoms with Crippen molar-refractivity contribution in [3.05, 3.63) is 16.3 Å². The molecule has 0 aliphatic carbocycles. The van der Waals surface area contributed by atoms with Crippen molar-refractivity contribution in [2.45, 2.75) is 13.0 Å². The van der Waals surface area contributed by atoms with Gasteiger partial charge in [0.25, 0.3) is 0 Å². The first kappa shape index (κ1) is 11.6. The number of aldehydes is 1. The van der Waals surface area contributed by atoms with E-state index in [0.717, 1.165) is 24.3 Å². The number of likely N-dealkylation sites (N-methyl/N-ethyl adjacent to an activating group) is 1. The fraction of sp³-hybridized carbons (Fsp3) is 0.583. The van der Waals surface area contributed by atoms with Crippen molar-refractivity contribution in [1.82, 2.24) is 4.90 Å². The summed E-state index contributed by atoms with van der Waals surface area (Å²) in [5, 5.41) is 2.08. The quantitative estimate of drug-likeness (QED) is 0.752. The Morgan fingerprint density at radius 3 is 2.75 bits per heavy atom. The molecule has 0 aromatic carbocycles. The predicted molar refractivity (Wildman–Crippen MR) is 68.6 cm³/mol. The fourth-order valence-electron chi connectivity index (χ4n) is 2.40. The van der Waals surface area contributed by atoms with E-state index in [1.54, 1.807) is 0 Å². The van der Waals surface area contributed by atoms with Crippen LogP contribution in [-0.4, -0.2) is 44.4 Å². The number of thiophene rings is 1. The van der Waals surface area contributed by atoms with Crippen molar-refractivity contribution in [1.29, 1.82) is 0 Å². The van der Waals surface area contributed by atoms with Crippen molar-refractivity contribution in [2.24, 2.45) is 5.92 Å². The van der Waals surface area contributed by atoms with Crippen molar-refractivity contribution >= 4 is 23.3 Å². The van der Waals surface area contributed by atoms with E-state index < -0.39 is 0 Å². The average molecular weight is 238 g/mol. The van der Waals surface area contributed by atoms with Crippen LogP contribution in [-0.2, 0) is 0 Å². The number of carbonyl (C=O) groups excluding carboxylic acids is 1. The highest BCUT2D eigenvalue weighted by atomic mass is 32.1. The third kappa shape index (κ3) is 2.13. The second-order valence-corrected chi connectivity index (χ2v) is 5.68. The zero-order chi connectivity index (χ0) is 11.7. The van der Waals surface area contributed by atoms with Gasteiger partial charge in [0.15, 0.2) is 6.29 Å². The molecule has 2 heterocycles. The first-order valence-corrected chi connectivity index (χ1v) is 6.45. The first-order valence-electron chi connectivity index (χ1n) is 5.57. The largest absolute Gasteiger partial charge is 0.369 e.